The number of anilines is 1. The SMILES string of the molecule is CC(C)(C)OC(=O)NC(N)=NCC(=O)Cc1ccc(S(=O)(=O)Nc2scnc2C(=O)O)cc1. The number of amides is 1. The third-order valence-electron chi connectivity index (χ3n) is 3.69. The van der Waals surface area contributed by atoms with Gasteiger partial charge in [-0.15, -0.1) is 11.3 Å². The summed E-state index contributed by atoms with van der Waals surface area (Å²) in [6.45, 7) is 4.75. The number of rotatable bonds is 8. The van der Waals surface area contributed by atoms with Gasteiger partial charge in [0, 0.05) is 6.42 Å². The quantitative estimate of drug-likeness (QED) is 0.310. The number of carbonyl (C=O) groups excluding carboxylic acids is 2. The molecule has 1 aromatic heterocycles. The van der Waals surface area contributed by atoms with Crippen LogP contribution in [0.5, 0.6) is 0 Å². The monoisotopic (exact) mass is 497 g/mol. The van der Waals surface area contributed by atoms with Gasteiger partial charge in [0.1, 0.15) is 17.1 Å². The molecular formula is C19H23N5O7S2. The summed E-state index contributed by atoms with van der Waals surface area (Å²) in [6, 6.07) is 5.47. The summed E-state index contributed by atoms with van der Waals surface area (Å²) in [5.41, 5.74) is 6.19. The van der Waals surface area contributed by atoms with Gasteiger partial charge < -0.3 is 15.6 Å². The summed E-state index contributed by atoms with van der Waals surface area (Å²) in [5.74, 6) is -1.95. The van der Waals surface area contributed by atoms with E-state index in [2.05, 4.69) is 20.0 Å². The third-order valence-corrected chi connectivity index (χ3v) is 5.92. The van der Waals surface area contributed by atoms with E-state index in [-0.39, 0.29) is 34.6 Å². The largest absolute Gasteiger partial charge is 0.476 e. The molecule has 2 rings (SSSR count). The van der Waals surface area contributed by atoms with Crippen molar-refractivity contribution >= 4 is 50.2 Å². The van der Waals surface area contributed by atoms with Crippen LogP contribution in [-0.4, -0.2) is 54.5 Å². The Bertz CT molecular complexity index is 1170. The smallest absolute Gasteiger partial charge is 0.414 e. The number of carboxylic acid groups (broad SMARTS) is 1. The van der Waals surface area contributed by atoms with Gasteiger partial charge in [-0.2, -0.15) is 0 Å². The second-order valence-corrected chi connectivity index (χ2v) is 10.2. The van der Waals surface area contributed by atoms with Crippen molar-refractivity contribution in [2.45, 2.75) is 37.7 Å². The topological polar surface area (TPSA) is 190 Å². The van der Waals surface area contributed by atoms with Gasteiger partial charge in [0.15, 0.2) is 17.4 Å². The van der Waals surface area contributed by atoms with Crippen LogP contribution in [0.4, 0.5) is 9.80 Å². The Hall–Kier alpha value is -3.52. The minimum Gasteiger partial charge on any atom is -0.476 e. The zero-order valence-electron chi connectivity index (χ0n) is 18.0. The van der Waals surface area contributed by atoms with Crippen LogP contribution in [0.25, 0.3) is 0 Å². The molecule has 1 aromatic carbocycles. The summed E-state index contributed by atoms with van der Waals surface area (Å²) >= 11 is 0.841. The maximum absolute atomic E-state index is 12.5. The lowest BCUT2D eigenvalue weighted by Crippen LogP contribution is -2.40. The van der Waals surface area contributed by atoms with E-state index in [1.54, 1.807) is 20.8 Å². The van der Waals surface area contributed by atoms with Crippen molar-refractivity contribution in [1.29, 1.82) is 0 Å². The maximum Gasteiger partial charge on any atom is 0.414 e. The van der Waals surface area contributed by atoms with Gasteiger partial charge in [-0.25, -0.2) is 28.0 Å². The van der Waals surface area contributed by atoms with Gasteiger partial charge in [-0.05, 0) is 38.5 Å². The highest BCUT2D eigenvalue weighted by Crippen LogP contribution is 2.24. The van der Waals surface area contributed by atoms with Gasteiger partial charge in [0.2, 0.25) is 0 Å². The second-order valence-electron chi connectivity index (χ2n) is 7.63. The fraction of sp³-hybridized carbons (Fsp3) is 0.316. The van der Waals surface area contributed by atoms with Crippen LogP contribution in [0.15, 0.2) is 39.7 Å². The number of aliphatic imine (C=N–C) groups is 1. The summed E-state index contributed by atoms with van der Waals surface area (Å²) in [6.07, 6.45) is -0.843. The minimum absolute atomic E-state index is 0.0466. The highest BCUT2D eigenvalue weighted by molar-refractivity contribution is 7.93. The van der Waals surface area contributed by atoms with Crippen molar-refractivity contribution in [3.05, 3.63) is 41.0 Å². The number of hydrogen-bond acceptors (Lipinski definition) is 9. The number of ether oxygens (including phenoxy) is 1. The number of alkyl carbamates (subject to hydrolysis) is 1. The summed E-state index contributed by atoms with van der Waals surface area (Å²) in [5, 5.41) is 11.1. The number of carboxylic acids is 1. The van der Waals surface area contributed by atoms with Crippen molar-refractivity contribution in [3.8, 4) is 0 Å². The first-order chi connectivity index (χ1) is 15.3. The van der Waals surface area contributed by atoms with Crippen LogP contribution in [0, 0.1) is 0 Å². The molecule has 0 radical (unpaired) electrons. The van der Waals surface area contributed by atoms with Crippen LogP contribution in [0.1, 0.15) is 36.8 Å². The first kappa shape index (κ1) is 25.7. The van der Waals surface area contributed by atoms with E-state index in [0.717, 1.165) is 11.3 Å². The number of Topliss-reactive ketones (excluding diaryl/α,β-unsaturated/α-hetero) is 1. The number of thiazole rings is 1. The Morgan fingerprint density at radius 2 is 1.85 bits per heavy atom. The molecule has 0 aliphatic carbocycles. The van der Waals surface area contributed by atoms with Gasteiger partial charge in [-0.3, -0.25) is 14.8 Å². The molecule has 33 heavy (non-hydrogen) atoms. The zero-order chi connectivity index (χ0) is 24.8. The van der Waals surface area contributed by atoms with Crippen LogP contribution in [0.2, 0.25) is 0 Å². The predicted molar refractivity (Wildman–Crippen MR) is 121 cm³/mol. The molecule has 0 saturated carbocycles. The molecular weight excluding hydrogens is 474 g/mol. The van der Waals surface area contributed by atoms with Crippen LogP contribution in [0.3, 0.4) is 0 Å². The number of nitrogens with zero attached hydrogens (tertiary/aromatic N) is 2. The second kappa shape index (κ2) is 10.4. The highest BCUT2D eigenvalue weighted by atomic mass is 32.2. The predicted octanol–water partition coefficient (Wildman–Crippen LogP) is 1.59. The molecule has 2 aromatic rings. The van der Waals surface area contributed by atoms with E-state index in [0.29, 0.717) is 5.56 Å². The fourth-order valence-electron chi connectivity index (χ4n) is 2.34. The van der Waals surface area contributed by atoms with Crippen LogP contribution < -0.4 is 15.8 Å². The lowest BCUT2D eigenvalue weighted by molar-refractivity contribution is -0.117. The zero-order valence-corrected chi connectivity index (χ0v) is 19.6. The van der Waals surface area contributed by atoms with E-state index in [1.807, 2.05) is 0 Å². The molecule has 0 aliphatic rings. The number of nitrogens with two attached hydrogens (primary N) is 1. The molecule has 0 fully saturated rings. The number of benzene rings is 1. The molecule has 1 heterocycles. The van der Waals surface area contributed by atoms with Crippen molar-refractivity contribution in [1.82, 2.24) is 10.3 Å². The third kappa shape index (κ3) is 8.16. The summed E-state index contributed by atoms with van der Waals surface area (Å²) < 4.78 is 32.2. The summed E-state index contributed by atoms with van der Waals surface area (Å²) in [7, 11) is -4.05. The Labute approximate surface area is 193 Å². The van der Waals surface area contributed by atoms with Crippen molar-refractivity contribution in [2.24, 2.45) is 10.7 Å². The molecule has 1 amide bonds. The molecule has 0 unspecified atom stereocenters. The number of ketones is 1. The number of guanidine groups is 1. The Balaban J connectivity index is 1.95. The average Bonchev–Trinajstić information content (AvgIpc) is 3.13. The molecule has 0 aliphatic heterocycles. The van der Waals surface area contributed by atoms with E-state index < -0.39 is 33.4 Å². The van der Waals surface area contributed by atoms with E-state index in [9.17, 15) is 22.8 Å². The first-order valence-corrected chi connectivity index (χ1v) is 11.7. The van der Waals surface area contributed by atoms with Crippen LogP contribution in [-0.2, 0) is 26.0 Å². The molecule has 0 atom stereocenters. The van der Waals surface area contributed by atoms with Gasteiger partial charge >= 0.3 is 12.1 Å². The number of aromatic carboxylic acids is 1. The normalized spacial score (nSPS) is 12.2. The number of hydrogen-bond donors (Lipinski definition) is 4. The molecule has 14 heteroatoms. The molecule has 0 bridgehead atoms. The standard InChI is InChI=1S/C19H23N5O7S2/c1-19(2,3)31-18(28)23-17(20)21-9-12(25)8-11-4-6-13(7-5-11)33(29,30)24-15-14(16(26)27)22-10-32-15/h4-7,10,24H,8-9H2,1-3H3,(H,26,27)(H3,20,21,23,28). The van der Waals surface area contributed by atoms with E-state index in [4.69, 9.17) is 15.6 Å². The first-order valence-electron chi connectivity index (χ1n) is 9.37. The number of sulfonamides is 1. The van der Waals surface area contributed by atoms with Gasteiger partial charge in [0.05, 0.1) is 10.4 Å². The van der Waals surface area contributed by atoms with Crippen molar-refractivity contribution in [2.75, 3.05) is 11.3 Å². The maximum atomic E-state index is 12.5. The van der Waals surface area contributed by atoms with Gasteiger partial charge in [-0.1, -0.05) is 12.1 Å². The van der Waals surface area contributed by atoms with Crippen molar-refractivity contribution < 1.29 is 32.6 Å². The van der Waals surface area contributed by atoms with E-state index >= 15 is 0 Å². The average molecular weight is 498 g/mol. The fourth-order valence-corrected chi connectivity index (χ4v) is 4.33. The number of nitrogens with one attached hydrogen (secondary N) is 2. The lowest BCUT2D eigenvalue weighted by Gasteiger charge is -2.19. The summed E-state index contributed by atoms with van der Waals surface area (Å²) in [4.78, 5) is 42.1. The Morgan fingerprint density at radius 3 is 2.42 bits per heavy atom. The molecule has 5 N–H and O–H groups in total. The molecule has 178 valence electrons. The number of carbonyl (C=O) groups is 3. The highest BCUT2D eigenvalue weighted by Gasteiger charge is 2.21. The van der Waals surface area contributed by atoms with Crippen molar-refractivity contribution in [3.63, 3.8) is 0 Å². The van der Waals surface area contributed by atoms with Gasteiger partial charge in [0.25, 0.3) is 10.0 Å². The Kier molecular flexibility index (Phi) is 8.11. The van der Waals surface area contributed by atoms with Crippen LogP contribution >= 0.6 is 11.3 Å². The minimum atomic E-state index is -4.05. The molecule has 12 nitrogen and oxygen atoms in total. The van der Waals surface area contributed by atoms with E-state index in [1.165, 1.54) is 29.8 Å². The lowest BCUT2D eigenvalue weighted by atomic mass is 10.1. The number of aromatic nitrogens is 1. The molecule has 0 spiro atoms. The Morgan fingerprint density at radius 1 is 1.21 bits per heavy atom. The molecule has 0 saturated heterocycles.